The van der Waals surface area contributed by atoms with E-state index in [4.69, 9.17) is 0 Å². The van der Waals surface area contributed by atoms with Crippen molar-refractivity contribution in [1.82, 2.24) is 15.3 Å². The van der Waals surface area contributed by atoms with Crippen LogP contribution in [0.2, 0.25) is 0 Å². The van der Waals surface area contributed by atoms with Crippen LogP contribution in [0.5, 0.6) is 5.75 Å². The van der Waals surface area contributed by atoms with E-state index in [1.54, 1.807) is 36.3 Å². The predicted molar refractivity (Wildman–Crippen MR) is 91.0 cm³/mol. The molecular formula is C19H19N3O3. The van der Waals surface area contributed by atoms with Crippen LogP contribution in [0.15, 0.2) is 54.6 Å². The van der Waals surface area contributed by atoms with Gasteiger partial charge in [-0.2, -0.15) is 0 Å². The van der Waals surface area contributed by atoms with Crippen molar-refractivity contribution in [2.45, 2.75) is 18.6 Å². The number of imide groups is 1. The third-order valence-corrected chi connectivity index (χ3v) is 4.97. The molecule has 0 aromatic heterocycles. The number of nitrogens with one attached hydrogen (secondary N) is 1. The second-order valence-electron chi connectivity index (χ2n) is 6.53. The fourth-order valence-electron chi connectivity index (χ4n) is 3.73. The van der Waals surface area contributed by atoms with Crippen molar-refractivity contribution >= 4 is 11.8 Å². The minimum Gasteiger partial charge on any atom is -0.508 e. The monoisotopic (exact) mass is 337 g/mol. The van der Waals surface area contributed by atoms with Gasteiger partial charge in [-0.05, 0) is 23.3 Å². The standard InChI is InChI=1S/C19H19N3O3/c1-21-17-15(16(20-21)13-7-9-14(23)10-8-13)18(24)22(19(17)25)11-12-5-3-2-4-6-12/h2-10,15-17,20,23H,11H2,1H3/t15-,16-,17+/m1/s1. The fourth-order valence-corrected chi connectivity index (χ4v) is 3.73. The smallest absolute Gasteiger partial charge is 0.249 e. The number of likely N-dealkylation sites (tertiary alicyclic amines) is 1. The molecule has 2 N–H and O–H groups in total. The number of hydrogen-bond donors (Lipinski definition) is 2. The quantitative estimate of drug-likeness (QED) is 0.829. The summed E-state index contributed by atoms with van der Waals surface area (Å²) in [6, 6.07) is 15.5. The lowest BCUT2D eigenvalue weighted by Gasteiger charge is -2.22. The van der Waals surface area contributed by atoms with Gasteiger partial charge < -0.3 is 5.11 Å². The van der Waals surface area contributed by atoms with Gasteiger partial charge in [0.15, 0.2) is 0 Å². The lowest BCUT2D eigenvalue weighted by atomic mass is 9.91. The maximum atomic E-state index is 13.0. The Labute approximate surface area is 145 Å². The van der Waals surface area contributed by atoms with E-state index in [2.05, 4.69) is 5.43 Å². The highest BCUT2D eigenvalue weighted by Gasteiger charge is 2.57. The first-order valence-corrected chi connectivity index (χ1v) is 8.23. The molecule has 2 aromatic rings. The van der Waals surface area contributed by atoms with Gasteiger partial charge in [-0.15, -0.1) is 0 Å². The Morgan fingerprint density at radius 3 is 2.36 bits per heavy atom. The lowest BCUT2D eigenvalue weighted by molar-refractivity contribution is -0.142. The summed E-state index contributed by atoms with van der Waals surface area (Å²) in [7, 11) is 1.79. The Hall–Kier alpha value is -2.70. The van der Waals surface area contributed by atoms with Gasteiger partial charge in [-0.3, -0.25) is 14.5 Å². The third-order valence-electron chi connectivity index (χ3n) is 4.97. The van der Waals surface area contributed by atoms with Crippen molar-refractivity contribution in [3.63, 3.8) is 0 Å². The summed E-state index contributed by atoms with van der Waals surface area (Å²) in [5, 5.41) is 11.2. The van der Waals surface area contributed by atoms with Crippen LogP contribution in [0.25, 0.3) is 0 Å². The van der Waals surface area contributed by atoms with E-state index >= 15 is 0 Å². The highest BCUT2D eigenvalue weighted by atomic mass is 16.3. The van der Waals surface area contributed by atoms with Gasteiger partial charge in [0.05, 0.1) is 18.5 Å². The van der Waals surface area contributed by atoms with Crippen molar-refractivity contribution < 1.29 is 14.7 Å². The van der Waals surface area contributed by atoms with Crippen molar-refractivity contribution in [3.05, 3.63) is 65.7 Å². The summed E-state index contributed by atoms with van der Waals surface area (Å²) < 4.78 is 0. The zero-order valence-electron chi connectivity index (χ0n) is 13.8. The lowest BCUT2D eigenvalue weighted by Crippen LogP contribution is -2.42. The molecule has 6 nitrogen and oxygen atoms in total. The number of fused-ring (bicyclic) bond motifs is 1. The Morgan fingerprint density at radius 2 is 1.68 bits per heavy atom. The Bertz CT molecular complexity index is 806. The zero-order chi connectivity index (χ0) is 17.6. The molecular weight excluding hydrogens is 318 g/mol. The average Bonchev–Trinajstić information content (AvgIpc) is 3.08. The number of phenolic OH excluding ortho intramolecular Hbond substituents is 1. The van der Waals surface area contributed by atoms with Crippen LogP contribution in [0.1, 0.15) is 17.2 Å². The number of nitrogens with zero attached hydrogens (tertiary/aromatic N) is 2. The number of hydrogen-bond acceptors (Lipinski definition) is 5. The van der Waals surface area contributed by atoms with Gasteiger partial charge >= 0.3 is 0 Å². The first-order valence-electron chi connectivity index (χ1n) is 8.23. The number of carbonyl (C=O) groups excluding carboxylic acids is 2. The maximum absolute atomic E-state index is 13.0. The van der Waals surface area contributed by atoms with Crippen LogP contribution >= 0.6 is 0 Å². The van der Waals surface area contributed by atoms with Crippen molar-refractivity contribution in [2.75, 3.05) is 7.05 Å². The van der Waals surface area contributed by atoms with Gasteiger partial charge in [0.25, 0.3) is 0 Å². The first-order chi connectivity index (χ1) is 12.1. The summed E-state index contributed by atoms with van der Waals surface area (Å²) in [6.45, 7) is 0.293. The molecule has 3 atom stereocenters. The number of hydrazine groups is 1. The highest BCUT2D eigenvalue weighted by molar-refractivity contribution is 6.07. The second-order valence-corrected chi connectivity index (χ2v) is 6.53. The van der Waals surface area contributed by atoms with Crippen LogP contribution in [0.3, 0.4) is 0 Å². The molecule has 2 amide bonds. The van der Waals surface area contributed by atoms with E-state index in [0.717, 1.165) is 11.1 Å². The molecule has 2 aliphatic rings. The molecule has 4 rings (SSSR count). The molecule has 0 unspecified atom stereocenters. The van der Waals surface area contributed by atoms with E-state index in [-0.39, 0.29) is 23.6 Å². The zero-order valence-corrected chi connectivity index (χ0v) is 13.8. The molecule has 0 bridgehead atoms. The van der Waals surface area contributed by atoms with E-state index in [9.17, 15) is 14.7 Å². The van der Waals surface area contributed by atoms with E-state index in [1.807, 2.05) is 30.3 Å². The number of aromatic hydroxyl groups is 1. The van der Waals surface area contributed by atoms with Crippen LogP contribution in [0, 0.1) is 5.92 Å². The molecule has 2 saturated heterocycles. The fraction of sp³-hybridized carbons (Fsp3) is 0.263. The summed E-state index contributed by atoms with van der Waals surface area (Å²) >= 11 is 0. The number of rotatable bonds is 3. The van der Waals surface area contributed by atoms with E-state index in [1.165, 1.54) is 4.90 Å². The van der Waals surface area contributed by atoms with E-state index in [0.29, 0.717) is 6.54 Å². The van der Waals surface area contributed by atoms with Crippen LogP contribution in [0.4, 0.5) is 0 Å². The summed E-state index contributed by atoms with van der Waals surface area (Å²) in [6.07, 6.45) is 0. The van der Waals surface area contributed by atoms with Crippen LogP contribution in [-0.4, -0.2) is 39.9 Å². The molecule has 0 saturated carbocycles. The molecule has 0 spiro atoms. The van der Waals surface area contributed by atoms with Gasteiger partial charge in [-0.1, -0.05) is 42.5 Å². The number of carbonyl (C=O) groups is 2. The minimum absolute atomic E-state index is 0.159. The molecule has 2 fully saturated rings. The van der Waals surface area contributed by atoms with Crippen molar-refractivity contribution in [1.29, 1.82) is 0 Å². The molecule has 2 aromatic carbocycles. The van der Waals surface area contributed by atoms with Crippen LogP contribution in [-0.2, 0) is 16.1 Å². The number of phenols is 1. The number of amides is 2. The number of likely N-dealkylation sites (N-methyl/N-ethyl adjacent to an activating group) is 1. The third kappa shape index (κ3) is 2.59. The van der Waals surface area contributed by atoms with Gasteiger partial charge in [0.1, 0.15) is 11.8 Å². The Balaban J connectivity index is 1.63. The molecule has 0 aliphatic carbocycles. The van der Waals surface area contributed by atoms with Crippen molar-refractivity contribution in [2.24, 2.45) is 5.92 Å². The topological polar surface area (TPSA) is 72.9 Å². The first kappa shape index (κ1) is 15.8. The highest BCUT2D eigenvalue weighted by Crippen LogP contribution is 2.40. The van der Waals surface area contributed by atoms with Crippen LogP contribution < -0.4 is 5.43 Å². The SMILES string of the molecule is CN1N[C@H](c2ccc(O)cc2)[C@H]2C(=O)N(Cc3ccccc3)C(=O)[C@H]21. The van der Waals surface area contributed by atoms with E-state index < -0.39 is 12.0 Å². The average molecular weight is 337 g/mol. The second kappa shape index (κ2) is 5.98. The van der Waals surface area contributed by atoms with Gasteiger partial charge in [0.2, 0.25) is 11.8 Å². The molecule has 0 radical (unpaired) electrons. The normalized spacial score (nSPS) is 26.3. The summed E-state index contributed by atoms with van der Waals surface area (Å²) in [5.74, 6) is -0.624. The molecule has 2 aliphatic heterocycles. The largest absolute Gasteiger partial charge is 0.508 e. The Kier molecular flexibility index (Phi) is 3.78. The summed E-state index contributed by atoms with van der Waals surface area (Å²) in [4.78, 5) is 27.2. The molecule has 2 heterocycles. The maximum Gasteiger partial charge on any atom is 0.249 e. The summed E-state index contributed by atoms with van der Waals surface area (Å²) in [5.41, 5.74) is 5.03. The number of benzene rings is 2. The predicted octanol–water partition coefficient (Wildman–Crippen LogP) is 1.44. The van der Waals surface area contributed by atoms with Gasteiger partial charge in [0, 0.05) is 7.05 Å². The minimum atomic E-state index is -0.505. The molecule has 25 heavy (non-hydrogen) atoms. The Morgan fingerprint density at radius 1 is 1.00 bits per heavy atom. The molecule has 6 heteroatoms. The van der Waals surface area contributed by atoms with Gasteiger partial charge in [-0.25, -0.2) is 10.4 Å². The van der Waals surface area contributed by atoms with Crippen molar-refractivity contribution in [3.8, 4) is 5.75 Å². The molecule has 128 valence electrons.